The summed E-state index contributed by atoms with van der Waals surface area (Å²) < 4.78 is 26.5. The third-order valence-electron chi connectivity index (χ3n) is 5.85. The molecule has 4 fully saturated rings. The van der Waals surface area contributed by atoms with Gasteiger partial charge in [-0.2, -0.15) is 0 Å². The first kappa shape index (κ1) is 15.6. The molecule has 1 N–H and O–H groups in total. The molecule has 0 radical (unpaired) electrons. The van der Waals surface area contributed by atoms with Gasteiger partial charge >= 0.3 is 0 Å². The van der Waals surface area contributed by atoms with Crippen LogP contribution in [0.25, 0.3) is 0 Å². The molecule has 1 amide bonds. The van der Waals surface area contributed by atoms with Crippen molar-refractivity contribution in [2.45, 2.75) is 49.3 Å². The molecule has 4 bridgehead atoms. The molecule has 0 aromatic heterocycles. The Morgan fingerprint density at radius 2 is 1.87 bits per heavy atom. The number of carbonyl (C=O) groups excluding carboxylic acids is 1. The zero-order chi connectivity index (χ0) is 16.2. The second kappa shape index (κ2) is 5.27. The number of rotatable bonds is 3. The van der Waals surface area contributed by atoms with Crippen molar-refractivity contribution in [1.82, 2.24) is 0 Å². The average Bonchev–Trinajstić information content (AvgIpc) is 2.39. The van der Waals surface area contributed by atoms with Gasteiger partial charge in [0.1, 0.15) is 0 Å². The summed E-state index contributed by atoms with van der Waals surface area (Å²) in [7, 11) is 0. The van der Waals surface area contributed by atoms with Crippen LogP contribution < -0.4 is 5.32 Å². The number of alkyl halides is 1. The topological polar surface area (TPSA) is 29.1 Å². The summed E-state index contributed by atoms with van der Waals surface area (Å²) in [6.07, 6.45) is 7.56. The van der Waals surface area contributed by atoms with E-state index in [0.29, 0.717) is 12.1 Å². The molecule has 2 atom stereocenters. The van der Waals surface area contributed by atoms with Gasteiger partial charge in [0.2, 0.25) is 5.91 Å². The van der Waals surface area contributed by atoms with Gasteiger partial charge in [-0.3, -0.25) is 4.79 Å². The van der Waals surface area contributed by atoms with Crippen LogP contribution in [0.4, 0.5) is 14.5 Å². The van der Waals surface area contributed by atoms with Gasteiger partial charge in [-0.05, 0) is 67.9 Å². The number of hydrogen-bond donors (Lipinski definition) is 1. The summed E-state index contributed by atoms with van der Waals surface area (Å²) in [6, 6.07) is 3.49. The molecule has 4 aliphatic carbocycles. The molecule has 0 heterocycles. The SMILES string of the molecule is O=C(CC12CC3CC(CC(Br)(C3)C1)C2)Nc1ccc(F)c(F)c1. The summed E-state index contributed by atoms with van der Waals surface area (Å²) in [6.45, 7) is 0. The zero-order valence-corrected chi connectivity index (χ0v) is 14.5. The Morgan fingerprint density at radius 1 is 1.17 bits per heavy atom. The van der Waals surface area contributed by atoms with Crippen LogP contribution in [-0.2, 0) is 4.79 Å². The Balaban J connectivity index is 1.47. The maximum absolute atomic E-state index is 13.3. The van der Waals surface area contributed by atoms with Crippen molar-refractivity contribution in [3.63, 3.8) is 0 Å². The van der Waals surface area contributed by atoms with Crippen LogP contribution in [0.2, 0.25) is 0 Å². The maximum atomic E-state index is 13.3. The van der Waals surface area contributed by atoms with E-state index in [9.17, 15) is 13.6 Å². The predicted molar refractivity (Wildman–Crippen MR) is 88.4 cm³/mol. The van der Waals surface area contributed by atoms with Gasteiger partial charge in [-0.15, -0.1) is 0 Å². The maximum Gasteiger partial charge on any atom is 0.224 e. The van der Waals surface area contributed by atoms with Crippen LogP contribution in [0, 0.1) is 28.9 Å². The van der Waals surface area contributed by atoms with Crippen molar-refractivity contribution in [3.8, 4) is 0 Å². The number of halogens is 3. The molecule has 0 saturated heterocycles. The number of anilines is 1. The second-order valence-electron chi connectivity index (χ2n) is 7.97. The van der Waals surface area contributed by atoms with Crippen LogP contribution in [0.1, 0.15) is 44.9 Å². The van der Waals surface area contributed by atoms with Gasteiger partial charge in [-0.1, -0.05) is 15.9 Å². The smallest absolute Gasteiger partial charge is 0.224 e. The molecule has 124 valence electrons. The number of benzene rings is 1. The van der Waals surface area contributed by atoms with Crippen molar-refractivity contribution in [3.05, 3.63) is 29.8 Å². The molecule has 23 heavy (non-hydrogen) atoms. The van der Waals surface area contributed by atoms with Crippen LogP contribution in [-0.4, -0.2) is 10.2 Å². The summed E-state index contributed by atoms with van der Waals surface area (Å²) >= 11 is 3.94. The highest BCUT2D eigenvalue weighted by molar-refractivity contribution is 9.10. The molecule has 2 unspecified atom stereocenters. The quantitative estimate of drug-likeness (QED) is 0.728. The van der Waals surface area contributed by atoms with Crippen LogP contribution in [0.5, 0.6) is 0 Å². The van der Waals surface area contributed by atoms with Crippen molar-refractivity contribution in [2.75, 3.05) is 5.32 Å². The van der Waals surface area contributed by atoms with Crippen molar-refractivity contribution in [1.29, 1.82) is 0 Å². The lowest BCUT2D eigenvalue weighted by Crippen LogP contribution is -2.53. The summed E-state index contributed by atoms with van der Waals surface area (Å²) in [5.41, 5.74) is 0.406. The molecule has 0 spiro atoms. The largest absolute Gasteiger partial charge is 0.326 e. The summed E-state index contributed by atoms with van der Waals surface area (Å²) in [5.74, 6) is -0.463. The molecule has 1 aromatic carbocycles. The van der Waals surface area contributed by atoms with Gasteiger partial charge in [0.25, 0.3) is 0 Å². The highest BCUT2D eigenvalue weighted by Gasteiger charge is 2.57. The lowest BCUT2D eigenvalue weighted by atomic mass is 9.48. The van der Waals surface area contributed by atoms with Gasteiger partial charge < -0.3 is 5.32 Å². The Hall–Kier alpha value is -0.970. The van der Waals surface area contributed by atoms with Crippen LogP contribution in [0.15, 0.2) is 18.2 Å². The van der Waals surface area contributed by atoms with E-state index in [-0.39, 0.29) is 15.6 Å². The Labute approximate surface area is 143 Å². The third-order valence-corrected chi connectivity index (χ3v) is 6.78. The van der Waals surface area contributed by atoms with E-state index in [4.69, 9.17) is 0 Å². The highest BCUT2D eigenvalue weighted by atomic mass is 79.9. The minimum atomic E-state index is -0.933. The zero-order valence-electron chi connectivity index (χ0n) is 12.9. The van der Waals surface area contributed by atoms with Crippen molar-refractivity contribution >= 4 is 27.5 Å². The number of carbonyl (C=O) groups is 1. The molecular formula is C18H20BrF2NO. The Bertz CT molecular complexity index is 648. The fraction of sp³-hybridized carbons (Fsp3) is 0.611. The van der Waals surface area contributed by atoms with E-state index >= 15 is 0 Å². The lowest BCUT2D eigenvalue weighted by Gasteiger charge is -2.60. The van der Waals surface area contributed by atoms with Crippen molar-refractivity contribution < 1.29 is 13.6 Å². The molecule has 1 aromatic rings. The van der Waals surface area contributed by atoms with Crippen molar-refractivity contribution in [2.24, 2.45) is 17.3 Å². The highest BCUT2D eigenvalue weighted by Crippen LogP contribution is 2.65. The van der Waals surface area contributed by atoms with Gasteiger partial charge in [0.05, 0.1) is 0 Å². The molecule has 0 aliphatic heterocycles. The molecule has 4 aliphatic rings. The van der Waals surface area contributed by atoms with Gasteiger partial charge in [0.15, 0.2) is 11.6 Å². The van der Waals surface area contributed by atoms with E-state index < -0.39 is 11.6 Å². The average molecular weight is 384 g/mol. The predicted octanol–water partition coefficient (Wildman–Crippen LogP) is 5.03. The fourth-order valence-electron chi connectivity index (χ4n) is 5.66. The molecule has 4 saturated carbocycles. The second-order valence-corrected chi connectivity index (χ2v) is 9.65. The Kier molecular flexibility index (Phi) is 3.56. The van der Waals surface area contributed by atoms with Gasteiger partial charge in [0, 0.05) is 22.5 Å². The number of hydrogen-bond acceptors (Lipinski definition) is 1. The molecule has 5 rings (SSSR count). The standard InChI is InChI=1S/C18H20BrF2NO/c19-18-7-11-3-12(8-18)6-17(5-11,10-18)9-16(23)22-13-1-2-14(20)15(21)4-13/h1-2,4,11-12H,3,5-10H2,(H,22,23). The number of amides is 1. The van der Waals surface area contributed by atoms with E-state index in [0.717, 1.165) is 43.2 Å². The Morgan fingerprint density at radius 3 is 2.48 bits per heavy atom. The summed E-state index contributed by atoms with van der Waals surface area (Å²) in [5, 5.41) is 2.74. The molecule has 5 heteroatoms. The number of nitrogens with one attached hydrogen (secondary N) is 1. The first-order valence-electron chi connectivity index (χ1n) is 8.29. The van der Waals surface area contributed by atoms with E-state index in [1.165, 1.54) is 25.3 Å². The first-order chi connectivity index (χ1) is 10.8. The summed E-state index contributed by atoms with van der Waals surface area (Å²) in [4.78, 5) is 12.5. The van der Waals surface area contributed by atoms with Crippen LogP contribution >= 0.6 is 15.9 Å². The van der Waals surface area contributed by atoms with E-state index in [1.54, 1.807) is 0 Å². The fourth-order valence-corrected chi connectivity index (χ4v) is 7.17. The lowest BCUT2D eigenvalue weighted by molar-refractivity contribution is -0.123. The van der Waals surface area contributed by atoms with E-state index in [1.807, 2.05) is 0 Å². The normalized spacial score (nSPS) is 37.9. The third kappa shape index (κ3) is 2.92. The molecular weight excluding hydrogens is 364 g/mol. The monoisotopic (exact) mass is 383 g/mol. The first-order valence-corrected chi connectivity index (χ1v) is 9.08. The van der Waals surface area contributed by atoms with Gasteiger partial charge in [-0.25, -0.2) is 8.78 Å². The van der Waals surface area contributed by atoms with Crippen LogP contribution in [0.3, 0.4) is 0 Å². The minimum Gasteiger partial charge on any atom is -0.326 e. The molecule has 2 nitrogen and oxygen atoms in total. The minimum absolute atomic E-state index is 0.0796. The van der Waals surface area contributed by atoms with E-state index in [2.05, 4.69) is 21.2 Å².